The fourth-order valence-corrected chi connectivity index (χ4v) is 3.54. The van der Waals surface area contributed by atoms with Crippen LogP contribution in [-0.2, 0) is 16.6 Å². The number of aromatic amines is 1. The van der Waals surface area contributed by atoms with E-state index in [1.165, 1.54) is 11.4 Å². The zero-order chi connectivity index (χ0) is 16.5. The van der Waals surface area contributed by atoms with Crippen molar-refractivity contribution in [3.8, 4) is 0 Å². The standard InChI is InChI=1S/C13H15N3O4S2/c1-7-3-8(2)16-13(18)10(7)5-15-12(17)9-4-11(21-6-9)22(14,19)20/h3-4,6H,5H2,1-2H3,(H,15,17)(H,16,18)(H2,14,19,20). The van der Waals surface area contributed by atoms with Crippen molar-refractivity contribution in [1.82, 2.24) is 10.3 Å². The zero-order valence-corrected chi connectivity index (χ0v) is 13.6. The molecule has 0 aliphatic rings. The van der Waals surface area contributed by atoms with Crippen LogP contribution in [0.25, 0.3) is 0 Å². The van der Waals surface area contributed by atoms with Gasteiger partial charge in [0.2, 0.25) is 10.0 Å². The summed E-state index contributed by atoms with van der Waals surface area (Å²) in [6, 6.07) is 3.02. The lowest BCUT2D eigenvalue weighted by Crippen LogP contribution is -2.27. The maximum atomic E-state index is 12.0. The lowest BCUT2D eigenvalue weighted by atomic mass is 10.1. The number of hydrogen-bond donors (Lipinski definition) is 3. The van der Waals surface area contributed by atoms with Gasteiger partial charge in [0.05, 0.1) is 5.56 Å². The van der Waals surface area contributed by atoms with Crippen LogP contribution in [0.4, 0.5) is 0 Å². The van der Waals surface area contributed by atoms with E-state index in [-0.39, 0.29) is 21.9 Å². The molecule has 2 aromatic rings. The van der Waals surface area contributed by atoms with Gasteiger partial charge in [-0.2, -0.15) is 0 Å². The van der Waals surface area contributed by atoms with Crippen molar-refractivity contribution in [2.45, 2.75) is 24.6 Å². The van der Waals surface area contributed by atoms with Gasteiger partial charge in [-0.3, -0.25) is 9.59 Å². The van der Waals surface area contributed by atoms with E-state index in [2.05, 4.69) is 10.3 Å². The molecule has 0 unspecified atom stereocenters. The van der Waals surface area contributed by atoms with E-state index in [1.54, 1.807) is 13.8 Å². The van der Waals surface area contributed by atoms with Gasteiger partial charge in [0.15, 0.2) is 0 Å². The van der Waals surface area contributed by atoms with Crippen molar-refractivity contribution in [2.24, 2.45) is 5.14 Å². The normalized spacial score (nSPS) is 11.4. The van der Waals surface area contributed by atoms with E-state index >= 15 is 0 Å². The molecule has 2 rings (SSSR count). The van der Waals surface area contributed by atoms with Crippen molar-refractivity contribution in [3.05, 3.63) is 50.3 Å². The first-order valence-electron chi connectivity index (χ1n) is 6.27. The summed E-state index contributed by atoms with van der Waals surface area (Å²) in [7, 11) is -3.82. The molecule has 22 heavy (non-hydrogen) atoms. The van der Waals surface area contributed by atoms with Gasteiger partial charge in [0.25, 0.3) is 11.5 Å². The first-order chi connectivity index (χ1) is 10.2. The van der Waals surface area contributed by atoms with E-state index in [0.717, 1.165) is 22.6 Å². The van der Waals surface area contributed by atoms with Gasteiger partial charge in [0, 0.05) is 23.2 Å². The highest BCUT2D eigenvalue weighted by Gasteiger charge is 2.15. The van der Waals surface area contributed by atoms with Crippen LogP contribution in [0.1, 0.15) is 27.2 Å². The molecule has 2 aromatic heterocycles. The molecule has 0 fully saturated rings. The van der Waals surface area contributed by atoms with E-state index < -0.39 is 15.9 Å². The van der Waals surface area contributed by atoms with Crippen molar-refractivity contribution in [1.29, 1.82) is 0 Å². The topological polar surface area (TPSA) is 122 Å². The predicted molar refractivity (Wildman–Crippen MR) is 83.4 cm³/mol. The van der Waals surface area contributed by atoms with Crippen LogP contribution in [0.3, 0.4) is 0 Å². The molecule has 0 saturated heterocycles. The van der Waals surface area contributed by atoms with Crippen molar-refractivity contribution >= 4 is 27.3 Å². The third-order valence-electron chi connectivity index (χ3n) is 3.04. The molecule has 0 saturated carbocycles. The summed E-state index contributed by atoms with van der Waals surface area (Å²) in [6.07, 6.45) is 0. The molecule has 0 aliphatic carbocycles. The fourth-order valence-electron chi connectivity index (χ4n) is 1.96. The smallest absolute Gasteiger partial charge is 0.253 e. The second-order valence-corrected chi connectivity index (χ2v) is 7.52. The van der Waals surface area contributed by atoms with Crippen LogP contribution >= 0.6 is 11.3 Å². The summed E-state index contributed by atoms with van der Waals surface area (Å²) in [5.41, 5.74) is 1.91. The number of sulfonamides is 1. The van der Waals surface area contributed by atoms with Gasteiger partial charge in [-0.1, -0.05) is 0 Å². The summed E-state index contributed by atoms with van der Waals surface area (Å²) < 4.78 is 22.3. The van der Waals surface area contributed by atoms with Gasteiger partial charge in [-0.05, 0) is 31.5 Å². The Kier molecular flexibility index (Phi) is 4.50. The number of thiophene rings is 1. The molecule has 0 radical (unpaired) electrons. The molecule has 9 heteroatoms. The second-order valence-electron chi connectivity index (χ2n) is 4.83. The number of rotatable bonds is 4. The quantitative estimate of drug-likeness (QED) is 0.755. The minimum Gasteiger partial charge on any atom is -0.348 e. The first-order valence-corrected chi connectivity index (χ1v) is 8.70. The Morgan fingerprint density at radius 2 is 2.05 bits per heavy atom. The van der Waals surface area contributed by atoms with Crippen LogP contribution in [0, 0.1) is 13.8 Å². The monoisotopic (exact) mass is 341 g/mol. The van der Waals surface area contributed by atoms with Crippen molar-refractivity contribution in [2.75, 3.05) is 0 Å². The molecule has 1 amide bonds. The average molecular weight is 341 g/mol. The van der Waals surface area contributed by atoms with Gasteiger partial charge >= 0.3 is 0 Å². The fraction of sp³-hybridized carbons (Fsp3) is 0.231. The molecule has 118 valence electrons. The number of nitrogens with one attached hydrogen (secondary N) is 2. The number of carbonyl (C=O) groups is 1. The maximum absolute atomic E-state index is 12.0. The van der Waals surface area contributed by atoms with Crippen LogP contribution < -0.4 is 16.0 Å². The molecule has 4 N–H and O–H groups in total. The van der Waals surface area contributed by atoms with Crippen LogP contribution in [-0.4, -0.2) is 19.3 Å². The van der Waals surface area contributed by atoms with E-state index in [0.29, 0.717) is 5.56 Å². The lowest BCUT2D eigenvalue weighted by Gasteiger charge is -2.07. The minimum atomic E-state index is -3.82. The number of amides is 1. The summed E-state index contributed by atoms with van der Waals surface area (Å²) in [6.45, 7) is 3.62. The molecular formula is C13H15N3O4S2. The summed E-state index contributed by atoms with van der Waals surface area (Å²) in [4.78, 5) is 26.5. The molecule has 0 spiro atoms. The first kappa shape index (κ1) is 16.4. The number of nitrogens with two attached hydrogens (primary N) is 1. The molecule has 2 heterocycles. The molecular weight excluding hydrogens is 326 g/mol. The highest BCUT2D eigenvalue weighted by molar-refractivity contribution is 7.91. The SMILES string of the molecule is Cc1cc(C)c(CNC(=O)c2csc(S(N)(=O)=O)c2)c(=O)[nH]1. The lowest BCUT2D eigenvalue weighted by molar-refractivity contribution is 0.0951. The van der Waals surface area contributed by atoms with Crippen molar-refractivity contribution in [3.63, 3.8) is 0 Å². The van der Waals surface area contributed by atoms with E-state index in [9.17, 15) is 18.0 Å². The number of carbonyl (C=O) groups excluding carboxylic acids is 1. The van der Waals surface area contributed by atoms with Crippen LogP contribution in [0.5, 0.6) is 0 Å². The molecule has 0 bridgehead atoms. The maximum Gasteiger partial charge on any atom is 0.253 e. The number of hydrogen-bond acceptors (Lipinski definition) is 5. The van der Waals surface area contributed by atoms with E-state index in [4.69, 9.17) is 5.14 Å². The Hall–Kier alpha value is -1.97. The number of primary sulfonamides is 1. The van der Waals surface area contributed by atoms with Crippen LogP contribution in [0.15, 0.2) is 26.5 Å². The average Bonchev–Trinajstić information content (AvgIpc) is 2.86. The van der Waals surface area contributed by atoms with Crippen LogP contribution in [0.2, 0.25) is 0 Å². The minimum absolute atomic E-state index is 0.0564. The Morgan fingerprint density at radius 3 is 2.59 bits per heavy atom. The Bertz CT molecular complexity index is 881. The highest BCUT2D eigenvalue weighted by Crippen LogP contribution is 2.18. The summed E-state index contributed by atoms with van der Waals surface area (Å²) in [5, 5.41) is 8.99. The van der Waals surface area contributed by atoms with Gasteiger partial charge in [-0.25, -0.2) is 13.6 Å². The predicted octanol–water partition coefficient (Wildman–Crippen LogP) is 0.631. The number of aryl methyl sites for hydroxylation is 2. The third kappa shape index (κ3) is 3.62. The Labute approximate surface area is 131 Å². The van der Waals surface area contributed by atoms with Gasteiger partial charge in [0.1, 0.15) is 4.21 Å². The molecule has 0 aliphatic heterocycles. The summed E-state index contributed by atoms with van der Waals surface area (Å²) >= 11 is 0.873. The largest absolute Gasteiger partial charge is 0.348 e. The zero-order valence-electron chi connectivity index (χ0n) is 12.0. The Balaban J connectivity index is 2.14. The number of aromatic nitrogens is 1. The van der Waals surface area contributed by atoms with Gasteiger partial charge in [-0.15, -0.1) is 11.3 Å². The highest BCUT2D eigenvalue weighted by atomic mass is 32.2. The Morgan fingerprint density at radius 1 is 1.36 bits per heavy atom. The van der Waals surface area contributed by atoms with Gasteiger partial charge < -0.3 is 10.3 Å². The second kappa shape index (κ2) is 6.03. The molecule has 7 nitrogen and oxygen atoms in total. The van der Waals surface area contributed by atoms with Crippen molar-refractivity contribution < 1.29 is 13.2 Å². The molecule has 0 atom stereocenters. The van der Waals surface area contributed by atoms with E-state index in [1.807, 2.05) is 6.07 Å². The third-order valence-corrected chi connectivity index (χ3v) is 5.42. The molecule has 0 aromatic carbocycles. The number of pyridine rings is 1. The number of H-pyrrole nitrogens is 1. The summed E-state index contributed by atoms with van der Waals surface area (Å²) in [5.74, 6) is -0.467.